The third-order valence-corrected chi connectivity index (χ3v) is 4.12. The van der Waals surface area contributed by atoms with Crippen LogP contribution in [0.1, 0.15) is 0 Å². The molecule has 1 heterocycles. The number of nitrogens with one attached hydrogen (secondary N) is 1. The van der Waals surface area contributed by atoms with Gasteiger partial charge in [0.1, 0.15) is 0 Å². The number of likely N-dealkylation sites (tertiary alicyclic amines) is 1. The first-order valence-electron chi connectivity index (χ1n) is 5.21. The van der Waals surface area contributed by atoms with Crippen molar-refractivity contribution in [2.24, 2.45) is 5.92 Å². The van der Waals surface area contributed by atoms with Crippen LogP contribution in [0, 0.1) is 9.49 Å². The predicted molar refractivity (Wildman–Crippen MR) is 78.6 cm³/mol. The van der Waals surface area contributed by atoms with Crippen molar-refractivity contribution in [2.75, 3.05) is 18.4 Å². The third-order valence-electron chi connectivity index (χ3n) is 2.69. The molecule has 2 N–H and O–H groups in total. The number of hydrogen-bond acceptors (Lipinski definition) is 2. The first kappa shape index (κ1) is 13.6. The van der Waals surface area contributed by atoms with Crippen molar-refractivity contribution < 1.29 is 14.7 Å². The van der Waals surface area contributed by atoms with Crippen LogP contribution in [-0.2, 0) is 4.79 Å². The van der Waals surface area contributed by atoms with Crippen molar-refractivity contribution in [1.29, 1.82) is 0 Å². The Balaban J connectivity index is 1.96. The van der Waals surface area contributed by atoms with E-state index < -0.39 is 11.9 Å². The van der Waals surface area contributed by atoms with Crippen LogP contribution < -0.4 is 5.32 Å². The molecule has 0 spiro atoms. The molecule has 1 aromatic rings. The van der Waals surface area contributed by atoms with Crippen molar-refractivity contribution in [2.45, 2.75) is 0 Å². The number of nitrogens with zero attached hydrogens (tertiary/aromatic N) is 1. The van der Waals surface area contributed by atoms with Crippen LogP contribution in [0.3, 0.4) is 0 Å². The molecular weight excluding hydrogens is 415 g/mol. The molecule has 0 aromatic heterocycles. The molecule has 18 heavy (non-hydrogen) atoms. The average Bonchev–Trinajstić information content (AvgIpc) is 2.20. The standard InChI is InChI=1S/C11H10BrIN2O3/c12-7-1-2-8(13)9(3-7)14-11(18)15-4-6(5-15)10(16)17/h1-3,6H,4-5H2,(H,14,18)(H,16,17). The van der Waals surface area contributed by atoms with Crippen LogP contribution >= 0.6 is 38.5 Å². The number of carboxylic acids is 1. The lowest BCUT2D eigenvalue weighted by Crippen LogP contribution is -2.54. The number of aliphatic carboxylic acids is 1. The summed E-state index contributed by atoms with van der Waals surface area (Å²) in [6.07, 6.45) is 0. The molecule has 1 fully saturated rings. The lowest BCUT2D eigenvalue weighted by Gasteiger charge is -2.36. The van der Waals surface area contributed by atoms with E-state index in [1.54, 1.807) is 0 Å². The molecule has 96 valence electrons. The first-order valence-corrected chi connectivity index (χ1v) is 7.08. The predicted octanol–water partition coefficient (Wildman–Crippen LogP) is 2.60. The molecule has 0 aliphatic carbocycles. The van der Waals surface area contributed by atoms with Crippen molar-refractivity contribution in [3.8, 4) is 0 Å². The van der Waals surface area contributed by atoms with Gasteiger partial charge in [-0.05, 0) is 40.8 Å². The number of hydrogen-bond donors (Lipinski definition) is 2. The maximum absolute atomic E-state index is 11.8. The minimum Gasteiger partial charge on any atom is -0.481 e. The Bertz CT molecular complexity index is 503. The van der Waals surface area contributed by atoms with Crippen molar-refractivity contribution in [3.63, 3.8) is 0 Å². The zero-order valence-corrected chi connectivity index (χ0v) is 12.9. The number of rotatable bonds is 2. The normalized spacial score (nSPS) is 15.1. The Kier molecular flexibility index (Phi) is 4.10. The largest absolute Gasteiger partial charge is 0.481 e. The quantitative estimate of drug-likeness (QED) is 0.717. The van der Waals surface area contributed by atoms with Gasteiger partial charge in [0.05, 0.1) is 11.6 Å². The van der Waals surface area contributed by atoms with Gasteiger partial charge in [0, 0.05) is 21.1 Å². The molecule has 2 rings (SSSR count). The fourth-order valence-electron chi connectivity index (χ4n) is 1.59. The lowest BCUT2D eigenvalue weighted by molar-refractivity contribution is -0.145. The van der Waals surface area contributed by atoms with Crippen LogP contribution in [0.4, 0.5) is 10.5 Å². The fourth-order valence-corrected chi connectivity index (χ4v) is 2.42. The molecule has 5 nitrogen and oxygen atoms in total. The smallest absolute Gasteiger partial charge is 0.321 e. The summed E-state index contributed by atoms with van der Waals surface area (Å²) in [4.78, 5) is 24.0. The number of halogens is 2. The van der Waals surface area contributed by atoms with Crippen LogP contribution in [0.5, 0.6) is 0 Å². The molecule has 0 bridgehead atoms. The fraction of sp³-hybridized carbons (Fsp3) is 0.273. The van der Waals surface area contributed by atoms with Gasteiger partial charge in [-0.3, -0.25) is 4.79 Å². The molecule has 1 aliphatic heterocycles. The van der Waals surface area contributed by atoms with E-state index in [0.29, 0.717) is 5.69 Å². The minimum atomic E-state index is -0.851. The molecule has 0 saturated carbocycles. The van der Waals surface area contributed by atoms with Gasteiger partial charge in [-0.1, -0.05) is 15.9 Å². The van der Waals surface area contributed by atoms with Crippen molar-refractivity contribution in [1.82, 2.24) is 4.90 Å². The Morgan fingerprint density at radius 1 is 1.44 bits per heavy atom. The Hall–Kier alpha value is -0.830. The van der Waals surface area contributed by atoms with Crippen LogP contribution in [0.25, 0.3) is 0 Å². The average molecular weight is 425 g/mol. The van der Waals surface area contributed by atoms with E-state index in [9.17, 15) is 9.59 Å². The minimum absolute atomic E-state index is 0.261. The highest BCUT2D eigenvalue weighted by atomic mass is 127. The molecule has 1 saturated heterocycles. The van der Waals surface area contributed by atoms with Crippen LogP contribution in [-0.4, -0.2) is 35.1 Å². The number of carboxylic acid groups (broad SMARTS) is 1. The van der Waals surface area contributed by atoms with Crippen LogP contribution in [0.15, 0.2) is 22.7 Å². The summed E-state index contributed by atoms with van der Waals surface area (Å²) in [6, 6.07) is 5.33. The zero-order valence-electron chi connectivity index (χ0n) is 9.19. The van der Waals surface area contributed by atoms with E-state index in [1.807, 2.05) is 18.2 Å². The van der Waals surface area contributed by atoms with Crippen LogP contribution in [0.2, 0.25) is 0 Å². The van der Waals surface area contributed by atoms with Gasteiger partial charge < -0.3 is 15.3 Å². The summed E-state index contributed by atoms with van der Waals surface area (Å²) in [5.74, 6) is -1.28. The van der Waals surface area contributed by atoms with Crippen molar-refractivity contribution in [3.05, 3.63) is 26.2 Å². The van der Waals surface area contributed by atoms with E-state index in [-0.39, 0.29) is 19.1 Å². The highest BCUT2D eigenvalue weighted by Crippen LogP contribution is 2.24. The summed E-state index contributed by atoms with van der Waals surface area (Å²) in [5.41, 5.74) is 0.716. The molecule has 1 aliphatic rings. The summed E-state index contributed by atoms with van der Waals surface area (Å²) >= 11 is 5.47. The van der Waals surface area contributed by atoms with Gasteiger partial charge in [-0.15, -0.1) is 0 Å². The summed E-state index contributed by atoms with van der Waals surface area (Å²) in [6.45, 7) is 0.539. The highest BCUT2D eigenvalue weighted by molar-refractivity contribution is 14.1. The number of urea groups is 1. The Labute approximate surface area is 126 Å². The van der Waals surface area contributed by atoms with Gasteiger partial charge in [-0.2, -0.15) is 0 Å². The molecular formula is C11H10BrIN2O3. The maximum Gasteiger partial charge on any atom is 0.321 e. The van der Waals surface area contributed by atoms with E-state index in [2.05, 4.69) is 43.8 Å². The maximum atomic E-state index is 11.8. The Morgan fingerprint density at radius 2 is 2.11 bits per heavy atom. The second-order valence-electron chi connectivity index (χ2n) is 3.99. The second-order valence-corrected chi connectivity index (χ2v) is 6.07. The van der Waals surface area contributed by atoms with Gasteiger partial charge in [0.15, 0.2) is 0 Å². The van der Waals surface area contributed by atoms with E-state index in [4.69, 9.17) is 5.11 Å². The summed E-state index contributed by atoms with van der Waals surface area (Å²) in [5, 5.41) is 11.5. The van der Waals surface area contributed by atoms with E-state index in [1.165, 1.54) is 4.90 Å². The molecule has 0 atom stereocenters. The lowest BCUT2D eigenvalue weighted by atomic mass is 10.0. The zero-order chi connectivity index (χ0) is 13.3. The Morgan fingerprint density at radius 3 is 2.72 bits per heavy atom. The molecule has 1 aromatic carbocycles. The van der Waals surface area contributed by atoms with Gasteiger partial charge in [0.25, 0.3) is 0 Å². The van der Waals surface area contributed by atoms with E-state index >= 15 is 0 Å². The molecule has 7 heteroatoms. The van der Waals surface area contributed by atoms with Gasteiger partial charge in [-0.25, -0.2) is 4.79 Å². The van der Waals surface area contributed by atoms with Gasteiger partial charge >= 0.3 is 12.0 Å². The number of anilines is 1. The monoisotopic (exact) mass is 424 g/mol. The summed E-state index contributed by atoms with van der Waals surface area (Å²) in [7, 11) is 0. The molecule has 0 radical (unpaired) electrons. The number of benzene rings is 1. The van der Waals surface area contributed by atoms with Gasteiger partial charge in [0.2, 0.25) is 0 Å². The summed E-state index contributed by atoms with van der Waals surface area (Å²) < 4.78 is 1.81. The number of amides is 2. The topological polar surface area (TPSA) is 69.6 Å². The number of carbonyl (C=O) groups is 2. The highest BCUT2D eigenvalue weighted by Gasteiger charge is 2.35. The first-order chi connectivity index (χ1) is 8.47. The second kappa shape index (κ2) is 5.43. The van der Waals surface area contributed by atoms with Crippen molar-refractivity contribution >= 4 is 56.2 Å². The molecule has 0 unspecified atom stereocenters. The SMILES string of the molecule is O=C(O)C1CN(C(=O)Nc2cc(Br)ccc2I)C1. The number of carbonyl (C=O) groups excluding carboxylic acids is 1. The van der Waals surface area contributed by atoms with E-state index in [0.717, 1.165) is 8.04 Å². The molecule has 2 amide bonds. The third kappa shape index (κ3) is 2.94.